The van der Waals surface area contributed by atoms with Gasteiger partial charge in [-0.2, -0.15) is 23.4 Å². The Hall–Kier alpha value is -2.74. The number of hydrogen-bond donors (Lipinski definition) is 3. The molecule has 0 radical (unpaired) electrons. The van der Waals surface area contributed by atoms with Crippen molar-refractivity contribution >= 4 is 17.5 Å². The number of fused-ring (bicyclic) bond motifs is 1. The SMILES string of the molecule is COCC1Cc2c(nc(N)c(C#N)c2N)O1.O=C(O)C(F)(F)F. The lowest BCUT2D eigenvalue weighted by molar-refractivity contribution is -0.192. The van der Waals surface area contributed by atoms with Crippen molar-refractivity contribution in [2.45, 2.75) is 18.7 Å². The van der Waals surface area contributed by atoms with Crippen LogP contribution in [0.4, 0.5) is 24.7 Å². The van der Waals surface area contributed by atoms with E-state index in [-0.39, 0.29) is 17.5 Å². The van der Waals surface area contributed by atoms with Gasteiger partial charge in [-0.05, 0) is 0 Å². The van der Waals surface area contributed by atoms with E-state index in [1.54, 1.807) is 7.11 Å². The molecule has 0 fully saturated rings. The second-order valence-electron chi connectivity index (χ2n) is 4.38. The Kier molecular flexibility index (Phi) is 5.58. The molecule has 1 unspecified atom stereocenters. The fourth-order valence-electron chi connectivity index (χ4n) is 1.76. The van der Waals surface area contributed by atoms with Gasteiger partial charge in [0.25, 0.3) is 0 Å². The Balaban J connectivity index is 0.000000322. The monoisotopic (exact) mass is 334 g/mol. The standard InChI is InChI=1S/C10H12N4O2.C2HF3O2/c1-15-4-5-2-6-8(12)7(3-11)9(13)14-10(6)16-5;3-2(4,5)1(6)7/h5H,2,4H2,1H3,(H4,12,13,14);(H,6,7). The van der Waals surface area contributed by atoms with Gasteiger partial charge in [-0.25, -0.2) is 4.79 Å². The summed E-state index contributed by atoms with van der Waals surface area (Å²) < 4.78 is 42.2. The number of hydrogen-bond acceptors (Lipinski definition) is 7. The number of nitriles is 1. The van der Waals surface area contributed by atoms with Crippen LogP contribution >= 0.6 is 0 Å². The number of carboxylic acids is 1. The molecule has 0 amide bonds. The number of rotatable bonds is 2. The molecule has 5 N–H and O–H groups in total. The van der Waals surface area contributed by atoms with E-state index in [0.29, 0.717) is 24.6 Å². The number of ether oxygens (including phenoxy) is 2. The van der Waals surface area contributed by atoms with Crippen molar-refractivity contribution in [2.24, 2.45) is 0 Å². The Morgan fingerprint density at radius 1 is 1.57 bits per heavy atom. The van der Waals surface area contributed by atoms with Crippen LogP contribution in [0.3, 0.4) is 0 Å². The van der Waals surface area contributed by atoms with Crippen LogP contribution in [0, 0.1) is 11.3 Å². The minimum absolute atomic E-state index is 0.108. The van der Waals surface area contributed by atoms with Crippen LogP contribution in [0.5, 0.6) is 5.88 Å². The zero-order valence-electron chi connectivity index (χ0n) is 11.8. The molecule has 1 aliphatic heterocycles. The van der Waals surface area contributed by atoms with Crippen LogP contribution < -0.4 is 16.2 Å². The number of carbonyl (C=O) groups is 1. The van der Waals surface area contributed by atoms with Gasteiger partial charge in [0, 0.05) is 19.1 Å². The highest BCUT2D eigenvalue weighted by molar-refractivity contribution is 5.73. The topological polar surface area (TPSA) is 144 Å². The van der Waals surface area contributed by atoms with Gasteiger partial charge in [0.2, 0.25) is 5.88 Å². The first-order chi connectivity index (χ1) is 10.6. The van der Waals surface area contributed by atoms with Gasteiger partial charge in [0.15, 0.2) is 0 Å². The van der Waals surface area contributed by atoms with Gasteiger partial charge in [0.05, 0.1) is 12.3 Å². The summed E-state index contributed by atoms with van der Waals surface area (Å²) in [6, 6.07) is 1.94. The lowest BCUT2D eigenvalue weighted by atomic mass is 10.1. The lowest BCUT2D eigenvalue weighted by Crippen LogP contribution is -2.21. The summed E-state index contributed by atoms with van der Waals surface area (Å²) in [5.74, 6) is -2.24. The minimum atomic E-state index is -5.08. The van der Waals surface area contributed by atoms with Gasteiger partial charge in [-0.3, -0.25) is 0 Å². The average molecular weight is 334 g/mol. The molecule has 0 saturated heterocycles. The van der Waals surface area contributed by atoms with E-state index in [1.807, 2.05) is 6.07 Å². The van der Waals surface area contributed by atoms with Crippen molar-refractivity contribution in [3.05, 3.63) is 11.1 Å². The Bertz CT molecular complexity index is 643. The predicted octanol–water partition coefficient (Wildman–Crippen LogP) is 0.701. The Morgan fingerprint density at radius 2 is 2.13 bits per heavy atom. The van der Waals surface area contributed by atoms with E-state index in [1.165, 1.54) is 0 Å². The van der Waals surface area contributed by atoms with Crippen LogP contribution in [0.15, 0.2) is 0 Å². The maximum absolute atomic E-state index is 10.6. The van der Waals surface area contributed by atoms with E-state index >= 15 is 0 Å². The van der Waals surface area contributed by atoms with Gasteiger partial charge in [-0.1, -0.05) is 0 Å². The molecule has 1 aliphatic rings. The molecule has 8 nitrogen and oxygen atoms in total. The van der Waals surface area contributed by atoms with Crippen LogP contribution in [-0.4, -0.2) is 42.1 Å². The summed E-state index contributed by atoms with van der Waals surface area (Å²) in [5, 5.41) is 16.0. The summed E-state index contributed by atoms with van der Waals surface area (Å²) in [7, 11) is 1.60. The van der Waals surface area contributed by atoms with Crippen molar-refractivity contribution in [1.29, 1.82) is 5.26 Å². The molecule has 0 saturated carbocycles. The second-order valence-corrected chi connectivity index (χ2v) is 4.38. The zero-order valence-corrected chi connectivity index (χ0v) is 11.8. The van der Waals surface area contributed by atoms with E-state index in [0.717, 1.165) is 5.56 Å². The molecule has 2 heterocycles. The lowest BCUT2D eigenvalue weighted by Gasteiger charge is -2.07. The van der Waals surface area contributed by atoms with E-state index in [2.05, 4.69) is 4.98 Å². The molecule has 2 rings (SSSR count). The van der Waals surface area contributed by atoms with Crippen LogP contribution in [0.2, 0.25) is 0 Å². The Labute approximate surface area is 128 Å². The zero-order chi connectivity index (χ0) is 17.8. The number of aromatic nitrogens is 1. The van der Waals surface area contributed by atoms with Gasteiger partial charge in [0.1, 0.15) is 23.6 Å². The molecule has 0 bridgehead atoms. The van der Waals surface area contributed by atoms with Crippen molar-refractivity contribution in [3.63, 3.8) is 0 Å². The first-order valence-electron chi connectivity index (χ1n) is 6.05. The number of nitrogens with two attached hydrogens (primary N) is 2. The van der Waals surface area contributed by atoms with Gasteiger partial charge < -0.3 is 26.0 Å². The molecule has 1 atom stereocenters. The fraction of sp³-hybridized carbons (Fsp3) is 0.417. The summed E-state index contributed by atoms with van der Waals surface area (Å²) in [4.78, 5) is 12.9. The first kappa shape index (κ1) is 18.3. The number of methoxy groups -OCH3 is 1. The highest BCUT2D eigenvalue weighted by atomic mass is 19.4. The number of nitrogen functional groups attached to an aromatic ring is 2. The highest BCUT2D eigenvalue weighted by Gasteiger charge is 2.38. The van der Waals surface area contributed by atoms with Crippen LogP contribution in [0.25, 0.3) is 0 Å². The molecule has 11 heteroatoms. The fourth-order valence-corrected chi connectivity index (χ4v) is 1.76. The van der Waals surface area contributed by atoms with E-state index in [9.17, 15) is 13.2 Å². The summed E-state index contributed by atoms with van der Waals surface area (Å²) in [6.45, 7) is 0.456. The third-order valence-corrected chi connectivity index (χ3v) is 2.75. The number of carboxylic acid groups (broad SMARTS) is 1. The molecule has 0 aromatic carbocycles. The summed E-state index contributed by atoms with van der Waals surface area (Å²) in [5.41, 5.74) is 12.8. The number of halogens is 3. The molecule has 126 valence electrons. The number of anilines is 2. The van der Waals surface area contributed by atoms with Crippen molar-refractivity contribution in [2.75, 3.05) is 25.2 Å². The summed E-state index contributed by atoms with van der Waals surface area (Å²) >= 11 is 0. The number of aliphatic carboxylic acids is 1. The number of nitrogens with zero attached hydrogens (tertiary/aromatic N) is 2. The van der Waals surface area contributed by atoms with Crippen molar-refractivity contribution < 1.29 is 32.5 Å². The van der Waals surface area contributed by atoms with Crippen molar-refractivity contribution in [3.8, 4) is 11.9 Å². The molecule has 1 aromatic heterocycles. The van der Waals surface area contributed by atoms with E-state index in [4.69, 9.17) is 36.1 Å². The smallest absolute Gasteiger partial charge is 0.475 e. The molecule has 23 heavy (non-hydrogen) atoms. The molecular formula is C12H13F3N4O4. The number of pyridine rings is 1. The number of alkyl halides is 3. The van der Waals surface area contributed by atoms with Gasteiger partial charge >= 0.3 is 12.1 Å². The average Bonchev–Trinajstić information content (AvgIpc) is 2.82. The maximum Gasteiger partial charge on any atom is 0.490 e. The Morgan fingerprint density at radius 3 is 2.57 bits per heavy atom. The normalized spacial score (nSPS) is 15.7. The van der Waals surface area contributed by atoms with Crippen LogP contribution in [0.1, 0.15) is 11.1 Å². The maximum atomic E-state index is 10.6. The van der Waals surface area contributed by atoms with Crippen molar-refractivity contribution in [1.82, 2.24) is 4.98 Å². The minimum Gasteiger partial charge on any atom is -0.475 e. The third kappa shape index (κ3) is 4.36. The van der Waals surface area contributed by atoms with E-state index < -0.39 is 12.1 Å². The predicted molar refractivity (Wildman–Crippen MR) is 71.5 cm³/mol. The summed E-state index contributed by atoms with van der Waals surface area (Å²) in [6.07, 6.45) is -4.60. The third-order valence-electron chi connectivity index (χ3n) is 2.75. The quantitative estimate of drug-likeness (QED) is 0.716. The van der Waals surface area contributed by atoms with Gasteiger partial charge in [-0.15, -0.1) is 0 Å². The highest BCUT2D eigenvalue weighted by Crippen LogP contribution is 2.35. The molecule has 1 aromatic rings. The molecule has 0 aliphatic carbocycles. The van der Waals surface area contributed by atoms with Crippen LogP contribution in [-0.2, 0) is 16.0 Å². The molecule has 0 spiro atoms. The first-order valence-corrected chi connectivity index (χ1v) is 6.05. The largest absolute Gasteiger partial charge is 0.490 e. The molecular weight excluding hydrogens is 321 g/mol. The second kappa shape index (κ2) is 7.01.